The molecule has 1 amide bonds. The summed E-state index contributed by atoms with van der Waals surface area (Å²) in [6, 6.07) is 7.46. The Morgan fingerprint density at radius 2 is 2.17 bits per heavy atom. The smallest absolute Gasteiger partial charge is 0.251 e. The first-order valence-electron chi connectivity index (χ1n) is 6.17. The maximum atomic E-state index is 12.1. The van der Waals surface area contributed by atoms with Crippen LogP contribution in [-0.2, 0) is 11.3 Å². The number of aliphatic hydroxyl groups is 1. The fraction of sp³-hybridized carbons (Fsp3) is 0.500. The van der Waals surface area contributed by atoms with E-state index in [1.54, 1.807) is 13.2 Å². The Labute approximate surface area is 108 Å². The number of hydrogen-bond acceptors (Lipinski definition) is 3. The maximum absolute atomic E-state index is 12.1. The summed E-state index contributed by atoms with van der Waals surface area (Å²) in [6.45, 7) is 2.52. The molecule has 0 fully saturated rings. The Morgan fingerprint density at radius 1 is 1.44 bits per heavy atom. The van der Waals surface area contributed by atoms with Crippen molar-refractivity contribution in [2.45, 2.75) is 32.4 Å². The van der Waals surface area contributed by atoms with E-state index < -0.39 is 0 Å². The lowest BCUT2D eigenvalue weighted by Gasteiger charge is -2.15. The van der Waals surface area contributed by atoms with E-state index in [1.165, 1.54) is 0 Å². The summed E-state index contributed by atoms with van der Waals surface area (Å²) in [5, 5.41) is 11.7. The lowest BCUT2D eigenvalue weighted by Crippen LogP contribution is -2.33. The second-order valence-corrected chi connectivity index (χ2v) is 4.33. The summed E-state index contributed by atoms with van der Waals surface area (Å²) < 4.78 is 5.08. The number of rotatable bonds is 7. The molecule has 0 saturated carbocycles. The predicted molar refractivity (Wildman–Crippen MR) is 70.4 cm³/mol. The quantitative estimate of drug-likeness (QED) is 0.776. The van der Waals surface area contributed by atoms with Gasteiger partial charge in [0, 0.05) is 25.3 Å². The van der Waals surface area contributed by atoms with Gasteiger partial charge in [0.2, 0.25) is 0 Å². The summed E-state index contributed by atoms with van der Waals surface area (Å²) in [5.41, 5.74) is 1.53. The van der Waals surface area contributed by atoms with Crippen LogP contribution in [0.2, 0.25) is 0 Å². The van der Waals surface area contributed by atoms with E-state index in [9.17, 15) is 4.79 Å². The van der Waals surface area contributed by atoms with Crippen molar-refractivity contribution in [3.63, 3.8) is 0 Å². The van der Waals surface area contributed by atoms with E-state index in [-0.39, 0.29) is 18.6 Å². The first-order valence-corrected chi connectivity index (χ1v) is 6.17. The highest BCUT2D eigenvalue weighted by molar-refractivity contribution is 5.95. The highest BCUT2D eigenvalue weighted by Gasteiger charge is 2.12. The molecule has 100 valence electrons. The van der Waals surface area contributed by atoms with Gasteiger partial charge < -0.3 is 15.2 Å². The molecule has 0 heterocycles. The lowest BCUT2D eigenvalue weighted by molar-refractivity contribution is 0.0931. The van der Waals surface area contributed by atoms with Crippen molar-refractivity contribution >= 4 is 5.91 Å². The Morgan fingerprint density at radius 3 is 2.83 bits per heavy atom. The van der Waals surface area contributed by atoms with E-state index >= 15 is 0 Å². The Hall–Kier alpha value is -1.39. The highest BCUT2D eigenvalue weighted by Crippen LogP contribution is 2.10. The molecule has 0 bridgehead atoms. The lowest BCUT2D eigenvalue weighted by atomic mass is 10.1. The molecule has 0 aliphatic rings. The number of carbonyl (C=O) groups is 1. The van der Waals surface area contributed by atoms with Gasteiger partial charge in [-0.3, -0.25) is 4.79 Å². The van der Waals surface area contributed by atoms with Crippen LogP contribution in [0.3, 0.4) is 0 Å². The second-order valence-electron chi connectivity index (χ2n) is 4.33. The Balaban J connectivity index is 2.65. The minimum Gasteiger partial charge on any atom is -0.396 e. The van der Waals surface area contributed by atoms with Crippen LogP contribution in [0, 0.1) is 0 Å². The monoisotopic (exact) mass is 251 g/mol. The zero-order valence-electron chi connectivity index (χ0n) is 11.0. The molecule has 1 atom stereocenters. The van der Waals surface area contributed by atoms with Crippen molar-refractivity contribution in [3.05, 3.63) is 35.4 Å². The van der Waals surface area contributed by atoms with E-state index in [2.05, 4.69) is 5.32 Å². The van der Waals surface area contributed by atoms with Crippen LogP contribution in [0.15, 0.2) is 24.3 Å². The van der Waals surface area contributed by atoms with Crippen molar-refractivity contribution in [2.75, 3.05) is 13.7 Å². The summed E-state index contributed by atoms with van der Waals surface area (Å²) in [6.07, 6.45) is 1.47. The standard InChI is InChI=1S/C14H21NO3/c1-11(6-5-9-16)15-14(17)13-8-4-3-7-12(13)10-18-2/h3-4,7-8,11,16H,5-6,9-10H2,1-2H3,(H,15,17). The molecule has 0 spiro atoms. The van der Waals surface area contributed by atoms with Crippen molar-refractivity contribution < 1.29 is 14.6 Å². The van der Waals surface area contributed by atoms with Gasteiger partial charge in [0.15, 0.2) is 0 Å². The van der Waals surface area contributed by atoms with Crippen molar-refractivity contribution in [3.8, 4) is 0 Å². The Bertz CT molecular complexity index is 379. The number of nitrogens with one attached hydrogen (secondary N) is 1. The SMILES string of the molecule is COCc1ccccc1C(=O)NC(C)CCCO. The molecule has 1 aromatic carbocycles. The zero-order valence-corrected chi connectivity index (χ0v) is 11.0. The van der Waals surface area contributed by atoms with Gasteiger partial charge in [-0.1, -0.05) is 18.2 Å². The van der Waals surface area contributed by atoms with E-state index in [0.717, 1.165) is 12.0 Å². The third kappa shape index (κ3) is 4.47. The number of benzene rings is 1. The number of hydrogen-bond donors (Lipinski definition) is 2. The molecule has 0 aromatic heterocycles. The van der Waals surface area contributed by atoms with Gasteiger partial charge in [0.05, 0.1) is 6.61 Å². The molecule has 0 aliphatic heterocycles. The molecule has 1 aromatic rings. The molecular weight excluding hydrogens is 230 g/mol. The first kappa shape index (κ1) is 14.7. The van der Waals surface area contributed by atoms with Crippen LogP contribution >= 0.6 is 0 Å². The zero-order chi connectivity index (χ0) is 13.4. The van der Waals surface area contributed by atoms with Gasteiger partial charge in [0.25, 0.3) is 5.91 Å². The van der Waals surface area contributed by atoms with Crippen LogP contribution in [-0.4, -0.2) is 30.8 Å². The van der Waals surface area contributed by atoms with Gasteiger partial charge in [-0.15, -0.1) is 0 Å². The minimum absolute atomic E-state index is 0.0558. The molecule has 4 heteroatoms. The summed E-state index contributed by atoms with van der Waals surface area (Å²) in [5.74, 6) is -0.0897. The third-order valence-corrected chi connectivity index (χ3v) is 2.73. The normalized spacial score (nSPS) is 12.2. The fourth-order valence-electron chi connectivity index (χ4n) is 1.79. The summed E-state index contributed by atoms with van der Waals surface area (Å²) in [7, 11) is 1.61. The van der Waals surface area contributed by atoms with E-state index in [4.69, 9.17) is 9.84 Å². The molecular formula is C14H21NO3. The summed E-state index contributed by atoms with van der Waals surface area (Å²) in [4.78, 5) is 12.1. The third-order valence-electron chi connectivity index (χ3n) is 2.73. The second kappa shape index (κ2) is 7.84. The van der Waals surface area contributed by atoms with Gasteiger partial charge in [-0.05, 0) is 31.4 Å². The molecule has 1 rings (SSSR count). The average Bonchev–Trinajstić information content (AvgIpc) is 2.37. The fourth-order valence-corrected chi connectivity index (χ4v) is 1.79. The van der Waals surface area contributed by atoms with Gasteiger partial charge >= 0.3 is 0 Å². The van der Waals surface area contributed by atoms with Crippen molar-refractivity contribution in [2.24, 2.45) is 0 Å². The van der Waals surface area contributed by atoms with E-state index in [1.807, 2.05) is 25.1 Å². The highest BCUT2D eigenvalue weighted by atomic mass is 16.5. The molecule has 2 N–H and O–H groups in total. The number of aliphatic hydroxyl groups excluding tert-OH is 1. The van der Waals surface area contributed by atoms with Gasteiger partial charge in [-0.2, -0.15) is 0 Å². The molecule has 1 unspecified atom stereocenters. The van der Waals surface area contributed by atoms with Crippen LogP contribution in [0.25, 0.3) is 0 Å². The first-order chi connectivity index (χ1) is 8.69. The Kier molecular flexibility index (Phi) is 6.39. The number of ether oxygens (including phenoxy) is 1. The van der Waals surface area contributed by atoms with Gasteiger partial charge in [0.1, 0.15) is 0 Å². The number of amides is 1. The van der Waals surface area contributed by atoms with Crippen LogP contribution in [0.4, 0.5) is 0 Å². The average molecular weight is 251 g/mol. The largest absolute Gasteiger partial charge is 0.396 e. The number of carbonyl (C=O) groups excluding carboxylic acids is 1. The maximum Gasteiger partial charge on any atom is 0.251 e. The topological polar surface area (TPSA) is 58.6 Å². The summed E-state index contributed by atoms with van der Waals surface area (Å²) >= 11 is 0. The predicted octanol–water partition coefficient (Wildman–Crippen LogP) is 1.72. The minimum atomic E-state index is -0.0897. The molecule has 0 radical (unpaired) electrons. The van der Waals surface area contributed by atoms with Crippen LogP contribution in [0.5, 0.6) is 0 Å². The number of methoxy groups -OCH3 is 1. The van der Waals surface area contributed by atoms with E-state index in [0.29, 0.717) is 18.6 Å². The van der Waals surface area contributed by atoms with Gasteiger partial charge in [-0.25, -0.2) is 0 Å². The van der Waals surface area contributed by atoms with Crippen LogP contribution < -0.4 is 5.32 Å². The molecule has 4 nitrogen and oxygen atoms in total. The molecule has 18 heavy (non-hydrogen) atoms. The van der Waals surface area contributed by atoms with Crippen LogP contribution in [0.1, 0.15) is 35.7 Å². The van der Waals surface area contributed by atoms with Crippen molar-refractivity contribution in [1.29, 1.82) is 0 Å². The molecule has 0 saturated heterocycles. The van der Waals surface area contributed by atoms with Crippen molar-refractivity contribution in [1.82, 2.24) is 5.32 Å². The molecule has 0 aliphatic carbocycles.